The van der Waals surface area contributed by atoms with Crippen molar-refractivity contribution < 1.29 is 31.8 Å². The summed E-state index contributed by atoms with van der Waals surface area (Å²) >= 11 is -0.242. The topological polar surface area (TPSA) is 35.5 Å². The number of carbonyl (C=O) groups excluding carboxylic acids is 1. The van der Waals surface area contributed by atoms with Crippen LogP contribution in [0.2, 0.25) is 0 Å². The molecule has 3 nitrogen and oxygen atoms in total. The molecule has 4 rings (SSSR count). The van der Waals surface area contributed by atoms with Gasteiger partial charge in [-0.1, -0.05) is 0 Å². The van der Waals surface area contributed by atoms with Gasteiger partial charge in [0.1, 0.15) is 0 Å². The first-order chi connectivity index (χ1) is 18.3. The number of allylic oxidation sites excluding steroid dienone is 1. The van der Waals surface area contributed by atoms with Crippen molar-refractivity contribution >= 4 is 41.4 Å². The molecule has 0 N–H and O–H groups in total. The second-order valence-corrected chi connectivity index (χ2v) is 12.4. The number of benzene rings is 2. The van der Waals surface area contributed by atoms with Crippen molar-refractivity contribution in [3.05, 3.63) is 86.8 Å². The first kappa shape index (κ1) is 29.7. The van der Waals surface area contributed by atoms with Crippen LogP contribution in [0.15, 0.2) is 54.6 Å². The Hall–Kier alpha value is -2.83. The summed E-state index contributed by atoms with van der Waals surface area (Å²) < 4.78 is 68.8. The molecule has 0 aliphatic rings. The second-order valence-electron chi connectivity index (χ2n) is 7.68. The number of hydrogen-bond acceptors (Lipinski definition) is 3. The Morgan fingerprint density at radius 1 is 0.658 bits per heavy atom. The van der Waals surface area contributed by atoms with E-state index in [1.54, 1.807) is 32.0 Å². The first-order valence-corrected chi connectivity index (χ1v) is 15.3. The first-order valence-electron chi connectivity index (χ1n) is 11.9. The summed E-state index contributed by atoms with van der Waals surface area (Å²) in [5, 5.41) is 0. The van der Waals surface area contributed by atoms with Gasteiger partial charge in [0.15, 0.2) is 0 Å². The van der Waals surface area contributed by atoms with Gasteiger partial charge in [-0.3, -0.25) is 0 Å². The number of ether oxygens (including phenoxy) is 2. The van der Waals surface area contributed by atoms with E-state index in [2.05, 4.69) is 13.0 Å². The summed E-state index contributed by atoms with van der Waals surface area (Å²) in [5.74, 6) is -3.75. The zero-order chi connectivity index (χ0) is 27.7. The van der Waals surface area contributed by atoms with Crippen LogP contribution in [0, 0.1) is 23.3 Å². The molecule has 0 radical (unpaired) electrons. The van der Waals surface area contributed by atoms with Crippen LogP contribution in [0.25, 0.3) is 26.1 Å². The van der Waals surface area contributed by atoms with Gasteiger partial charge < -0.3 is 0 Å². The van der Waals surface area contributed by atoms with Gasteiger partial charge in [-0.15, -0.1) is 0 Å². The second kappa shape index (κ2) is 14.4. The minimum absolute atomic E-state index is 0.0199. The molecule has 0 fully saturated rings. The third-order valence-electron chi connectivity index (χ3n) is 5.11. The Balaban J connectivity index is 0.000000212. The molecule has 200 valence electrons. The van der Waals surface area contributed by atoms with Gasteiger partial charge in [-0.05, 0) is 0 Å². The van der Waals surface area contributed by atoms with E-state index >= 15 is 0 Å². The van der Waals surface area contributed by atoms with Crippen molar-refractivity contribution in [1.29, 1.82) is 0 Å². The number of rotatable bonds is 9. The van der Waals surface area contributed by atoms with E-state index in [4.69, 9.17) is 9.47 Å². The zero-order valence-corrected chi connectivity index (χ0v) is 24.5. The third kappa shape index (κ3) is 7.17. The van der Waals surface area contributed by atoms with Crippen molar-refractivity contribution in [3.8, 4) is 31.5 Å². The van der Waals surface area contributed by atoms with Crippen molar-refractivity contribution in [1.82, 2.24) is 0 Å². The van der Waals surface area contributed by atoms with E-state index in [1.165, 1.54) is 22.6 Å². The molecule has 38 heavy (non-hydrogen) atoms. The minimum atomic E-state index is -0.981. The summed E-state index contributed by atoms with van der Waals surface area (Å²) in [4.78, 5) is 10.6. The SMILES string of the molecule is CCC=Cc1ccc(-c2ccc(OCC)c(F)c2F)[se]1.CCOc1ccc(-c2ccc(C=O)[se]2)c(F)c1F. The summed E-state index contributed by atoms with van der Waals surface area (Å²) in [7, 11) is 0. The fraction of sp³-hybridized carbons (Fsp3) is 0.207. The molecule has 0 atom stereocenters. The van der Waals surface area contributed by atoms with Crippen molar-refractivity contribution in [3.63, 3.8) is 0 Å². The van der Waals surface area contributed by atoms with Crippen LogP contribution >= 0.6 is 0 Å². The average molecular weight is 656 g/mol. The third-order valence-corrected chi connectivity index (χ3v) is 9.58. The van der Waals surface area contributed by atoms with E-state index in [-0.39, 0.29) is 52.7 Å². The van der Waals surface area contributed by atoms with Gasteiger partial charge in [-0.2, -0.15) is 0 Å². The fourth-order valence-electron chi connectivity index (χ4n) is 3.36. The number of aldehydes is 1. The van der Waals surface area contributed by atoms with Crippen molar-refractivity contribution in [2.24, 2.45) is 0 Å². The molecule has 2 aromatic heterocycles. The molecule has 0 saturated heterocycles. The van der Waals surface area contributed by atoms with Crippen molar-refractivity contribution in [2.75, 3.05) is 13.2 Å². The van der Waals surface area contributed by atoms with Gasteiger partial charge in [0.2, 0.25) is 0 Å². The Morgan fingerprint density at radius 2 is 1.13 bits per heavy atom. The number of halogens is 4. The van der Waals surface area contributed by atoms with Crippen LogP contribution in [0.5, 0.6) is 11.5 Å². The summed E-state index contributed by atoms with van der Waals surface area (Å²) in [6, 6.07) is 13.1. The Labute approximate surface area is 231 Å². The molecule has 0 amide bonds. The molecule has 0 saturated carbocycles. The average Bonchev–Trinajstić information content (AvgIpc) is 3.59. The molecular formula is C29H26F4O3Se2. The molecule has 9 heteroatoms. The molecule has 0 spiro atoms. The monoisotopic (exact) mass is 658 g/mol. The van der Waals surface area contributed by atoms with Crippen molar-refractivity contribution in [2.45, 2.75) is 27.2 Å². The number of carbonyl (C=O) groups is 1. The zero-order valence-electron chi connectivity index (χ0n) is 21.0. The Kier molecular flexibility index (Phi) is 11.2. The predicted molar refractivity (Wildman–Crippen MR) is 145 cm³/mol. The molecule has 2 aromatic carbocycles. The van der Waals surface area contributed by atoms with Gasteiger partial charge in [-0.25, -0.2) is 0 Å². The summed E-state index contributed by atoms with van der Waals surface area (Å²) in [6.07, 6.45) is 5.83. The Bertz CT molecular complexity index is 1410. The van der Waals surface area contributed by atoms with E-state index in [1.807, 2.05) is 18.2 Å². The molecule has 0 aliphatic heterocycles. The molecule has 0 unspecified atom stereocenters. The van der Waals surface area contributed by atoms with Crippen LogP contribution < -0.4 is 9.47 Å². The van der Waals surface area contributed by atoms with Gasteiger partial charge in [0, 0.05) is 0 Å². The fourth-order valence-corrected chi connectivity index (χ4v) is 7.14. The van der Waals surface area contributed by atoms with Gasteiger partial charge in [0.25, 0.3) is 0 Å². The Morgan fingerprint density at radius 3 is 1.55 bits per heavy atom. The molecule has 4 aromatic rings. The van der Waals surface area contributed by atoms with E-state index in [9.17, 15) is 22.4 Å². The number of hydrogen-bond donors (Lipinski definition) is 0. The summed E-state index contributed by atoms with van der Waals surface area (Å²) in [5.41, 5.74) is 0.533. The van der Waals surface area contributed by atoms with Gasteiger partial charge >= 0.3 is 232 Å². The van der Waals surface area contributed by atoms with Gasteiger partial charge in [0.05, 0.1) is 0 Å². The van der Waals surface area contributed by atoms with Crippen LogP contribution in [0.1, 0.15) is 40.9 Å². The van der Waals surface area contributed by atoms with E-state index < -0.39 is 23.3 Å². The van der Waals surface area contributed by atoms with Crippen LogP contribution in [-0.4, -0.2) is 48.5 Å². The van der Waals surface area contributed by atoms with Crippen LogP contribution in [0.3, 0.4) is 0 Å². The summed E-state index contributed by atoms with van der Waals surface area (Å²) in [6.45, 7) is 6.10. The maximum absolute atomic E-state index is 14.1. The molecule has 0 bridgehead atoms. The standard InChI is InChI=1S/C16H16F2OSe.C13H10F2O2Se/c1-3-5-6-11-7-10-14(20-11)12-8-9-13(19-4-2)16(18)15(12)17;1-2-17-10-5-4-9(12(14)13(10)15)11-6-3-8(7-16)18-11/h5-10H,3-4H2,1-2H3;3-7H,2H2,1H3. The quantitative estimate of drug-likeness (QED) is 0.107. The predicted octanol–water partition coefficient (Wildman–Crippen LogP) is 7.41. The van der Waals surface area contributed by atoms with E-state index in [0.717, 1.165) is 17.1 Å². The maximum atomic E-state index is 14.1. The molecule has 0 aliphatic carbocycles. The van der Waals surface area contributed by atoms with Crippen LogP contribution in [0.4, 0.5) is 17.6 Å². The molecule has 2 heterocycles. The normalized spacial score (nSPS) is 10.8. The van der Waals surface area contributed by atoms with E-state index in [0.29, 0.717) is 21.0 Å². The molecular weight excluding hydrogens is 630 g/mol. The van der Waals surface area contributed by atoms with Crippen LogP contribution in [-0.2, 0) is 0 Å².